The molecule has 0 aromatic heterocycles. The van der Waals surface area contributed by atoms with E-state index < -0.39 is 130 Å². The summed E-state index contributed by atoms with van der Waals surface area (Å²) in [5.41, 5.74) is 5.83. The summed E-state index contributed by atoms with van der Waals surface area (Å²) in [6.45, 7) is -1.14. The van der Waals surface area contributed by atoms with E-state index >= 15 is 0 Å². The first-order valence-electron chi connectivity index (χ1n) is 12.6. The number of hydrogen-bond donors (Lipinski definition) is 12. The zero-order chi connectivity index (χ0) is 30.1. The van der Waals surface area contributed by atoms with E-state index in [1.54, 1.807) is 0 Å². The molecule has 0 aromatic carbocycles. The Kier molecular flexibility index (Phi) is 11.2. The molecule has 3 aliphatic heterocycles. The third-order valence-electron chi connectivity index (χ3n) is 7.41. The first-order valence-corrected chi connectivity index (χ1v) is 12.6. The Hall–Kier alpha value is -1.17. The molecule has 0 radical (unpaired) electrons. The fourth-order valence-electron chi connectivity index (χ4n) is 4.99. The van der Waals surface area contributed by atoms with Crippen LogP contribution in [0.3, 0.4) is 0 Å². The largest absolute Gasteiger partial charge is 0.477 e. The van der Waals surface area contributed by atoms with Gasteiger partial charge in [0.15, 0.2) is 6.29 Å². The topological polar surface area (TPSA) is 312 Å². The van der Waals surface area contributed by atoms with Crippen molar-refractivity contribution in [1.82, 2.24) is 0 Å². The fraction of sp³-hybridized carbons (Fsp3) is 0.955. The molecule has 3 rings (SSSR count). The predicted molar refractivity (Wildman–Crippen MR) is 124 cm³/mol. The van der Waals surface area contributed by atoms with Crippen LogP contribution in [0, 0.1) is 0 Å². The third-order valence-corrected chi connectivity index (χ3v) is 7.41. The summed E-state index contributed by atoms with van der Waals surface area (Å²) in [4.78, 5) is 12.4. The summed E-state index contributed by atoms with van der Waals surface area (Å²) < 4.78 is 27.3. The van der Waals surface area contributed by atoms with Crippen LogP contribution in [-0.4, -0.2) is 179 Å². The van der Waals surface area contributed by atoms with Crippen molar-refractivity contribution < 1.29 is 84.7 Å². The maximum atomic E-state index is 12.4. The molecular weight excluding hydrogens is 550 g/mol. The summed E-state index contributed by atoms with van der Waals surface area (Å²) in [6, 6.07) is -1.46. The van der Waals surface area contributed by atoms with Gasteiger partial charge in [0.2, 0.25) is 0 Å². The maximum absolute atomic E-state index is 12.4. The average molecular weight is 590 g/mol. The number of aliphatic hydroxyl groups excluding tert-OH is 10. The molecule has 0 aliphatic carbocycles. The van der Waals surface area contributed by atoms with Crippen molar-refractivity contribution in [3.63, 3.8) is 0 Å². The van der Waals surface area contributed by atoms with Gasteiger partial charge in [0.1, 0.15) is 67.1 Å². The van der Waals surface area contributed by atoms with E-state index in [0.29, 0.717) is 0 Å². The van der Waals surface area contributed by atoms with Gasteiger partial charge in [0, 0.05) is 6.42 Å². The van der Waals surface area contributed by atoms with Gasteiger partial charge in [-0.3, -0.25) is 0 Å². The van der Waals surface area contributed by atoms with Gasteiger partial charge in [-0.1, -0.05) is 0 Å². The number of carboxylic acids is 1. The van der Waals surface area contributed by atoms with Crippen LogP contribution in [0.25, 0.3) is 0 Å². The fourth-order valence-corrected chi connectivity index (χ4v) is 4.99. The Balaban J connectivity index is 1.90. The van der Waals surface area contributed by atoms with Crippen LogP contribution in [0.15, 0.2) is 0 Å². The summed E-state index contributed by atoms with van der Waals surface area (Å²) in [6.07, 6.45) is -24.5. The molecule has 16 atom stereocenters. The van der Waals surface area contributed by atoms with Gasteiger partial charge in [-0.05, 0) is 6.92 Å². The Labute approximate surface area is 227 Å². The zero-order valence-corrected chi connectivity index (χ0v) is 21.4. The molecule has 13 N–H and O–H groups in total. The normalized spacial score (nSPS) is 48.0. The lowest BCUT2D eigenvalue weighted by Gasteiger charge is -2.50. The molecule has 40 heavy (non-hydrogen) atoms. The van der Waals surface area contributed by atoms with Crippen molar-refractivity contribution in [2.24, 2.45) is 5.73 Å². The second-order valence-electron chi connectivity index (χ2n) is 10.2. The summed E-state index contributed by atoms with van der Waals surface area (Å²) in [5, 5.41) is 112. The molecule has 0 amide bonds. The predicted octanol–water partition coefficient (Wildman–Crippen LogP) is -7.33. The molecule has 16 unspecified atom stereocenters. The van der Waals surface area contributed by atoms with E-state index in [2.05, 4.69) is 0 Å². The lowest BCUT2D eigenvalue weighted by atomic mass is 9.88. The molecule has 3 aliphatic rings. The van der Waals surface area contributed by atoms with Crippen molar-refractivity contribution in [3.05, 3.63) is 0 Å². The number of aliphatic carboxylic acids is 1. The Morgan fingerprint density at radius 3 is 2.12 bits per heavy atom. The molecule has 234 valence electrons. The minimum Gasteiger partial charge on any atom is -0.477 e. The van der Waals surface area contributed by atoms with Crippen LogP contribution >= 0.6 is 0 Å². The minimum atomic E-state index is -2.91. The third kappa shape index (κ3) is 6.42. The molecule has 3 fully saturated rings. The summed E-state index contributed by atoms with van der Waals surface area (Å²) in [5.74, 6) is -4.80. The molecule has 18 heteroatoms. The quantitative estimate of drug-likeness (QED) is 0.113. The number of rotatable bonds is 10. The van der Waals surface area contributed by atoms with E-state index in [9.17, 15) is 61.0 Å². The van der Waals surface area contributed by atoms with Crippen LogP contribution in [0.4, 0.5) is 0 Å². The Morgan fingerprint density at radius 2 is 1.57 bits per heavy atom. The van der Waals surface area contributed by atoms with Crippen molar-refractivity contribution in [2.45, 2.75) is 111 Å². The first kappa shape index (κ1) is 33.3. The molecule has 0 aromatic rings. The number of nitrogens with two attached hydrogens (primary N) is 1. The Bertz CT molecular complexity index is 837. The van der Waals surface area contributed by atoms with Gasteiger partial charge in [0.25, 0.3) is 5.79 Å². The molecule has 0 bridgehead atoms. The highest BCUT2D eigenvalue weighted by Crippen LogP contribution is 2.37. The summed E-state index contributed by atoms with van der Waals surface area (Å²) >= 11 is 0. The van der Waals surface area contributed by atoms with Crippen molar-refractivity contribution in [2.75, 3.05) is 19.8 Å². The Morgan fingerprint density at radius 1 is 0.950 bits per heavy atom. The zero-order valence-electron chi connectivity index (χ0n) is 21.4. The van der Waals surface area contributed by atoms with Crippen LogP contribution in [0.5, 0.6) is 0 Å². The second-order valence-corrected chi connectivity index (χ2v) is 10.2. The van der Waals surface area contributed by atoms with E-state index in [1.807, 2.05) is 0 Å². The van der Waals surface area contributed by atoms with Gasteiger partial charge in [-0.15, -0.1) is 0 Å². The first-order chi connectivity index (χ1) is 18.7. The number of carbonyl (C=O) groups is 1. The van der Waals surface area contributed by atoms with Crippen LogP contribution in [0.2, 0.25) is 0 Å². The molecule has 0 spiro atoms. The number of carboxylic acid groups (broad SMARTS) is 1. The summed E-state index contributed by atoms with van der Waals surface area (Å²) in [7, 11) is 0. The van der Waals surface area contributed by atoms with Crippen LogP contribution in [0.1, 0.15) is 13.3 Å². The number of hydrogen-bond acceptors (Lipinski definition) is 17. The standard InChI is InChI=1S/C22H39NO17/c1-6-12(29)15(32)17(10(5-26)36-6)38-20-16(33)19(14(31)9(4-25)37-20)40-22(21(34)35)2-7(27)11(23)18(39-22)13(30)8(28)3-24/h6-20,24-33H,2-5,23H2,1H3,(H,34,35). The lowest BCUT2D eigenvalue weighted by Crippen LogP contribution is -2.70. The van der Waals surface area contributed by atoms with E-state index in [4.69, 9.17) is 29.4 Å². The number of aliphatic hydroxyl groups is 10. The van der Waals surface area contributed by atoms with Gasteiger partial charge >= 0.3 is 5.97 Å². The average Bonchev–Trinajstić information content (AvgIpc) is 2.93. The molecular formula is C22H39NO17. The second kappa shape index (κ2) is 13.4. The van der Waals surface area contributed by atoms with Crippen LogP contribution in [-0.2, 0) is 28.5 Å². The SMILES string of the molecule is CC1OC(CO)C(OC2OC(CO)C(O)C(OC3(C(=O)O)CC(O)C(N)C(C(O)C(O)CO)O3)C2O)C(O)C1O. The van der Waals surface area contributed by atoms with Gasteiger partial charge in [0.05, 0.1) is 38.1 Å². The lowest BCUT2D eigenvalue weighted by molar-refractivity contribution is -0.380. The van der Waals surface area contributed by atoms with E-state index in [1.165, 1.54) is 6.92 Å². The highest BCUT2D eigenvalue weighted by molar-refractivity contribution is 5.76. The van der Waals surface area contributed by atoms with Crippen molar-refractivity contribution in [1.29, 1.82) is 0 Å². The highest BCUT2D eigenvalue weighted by Gasteiger charge is 2.59. The van der Waals surface area contributed by atoms with E-state index in [-0.39, 0.29) is 0 Å². The maximum Gasteiger partial charge on any atom is 0.364 e. The molecule has 0 saturated carbocycles. The molecule has 3 saturated heterocycles. The van der Waals surface area contributed by atoms with Gasteiger partial charge < -0.3 is 85.6 Å². The van der Waals surface area contributed by atoms with Gasteiger partial charge in [-0.25, -0.2) is 4.79 Å². The highest BCUT2D eigenvalue weighted by atomic mass is 16.8. The monoisotopic (exact) mass is 589 g/mol. The van der Waals surface area contributed by atoms with Gasteiger partial charge in [-0.2, -0.15) is 0 Å². The smallest absolute Gasteiger partial charge is 0.364 e. The minimum absolute atomic E-state index is 0.689. The van der Waals surface area contributed by atoms with Crippen molar-refractivity contribution in [3.8, 4) is 0 Å². The number of ether oxygens (including phenoxy) is 5. The van der Waals surface area contributed by atoms with Crippen molar-refractivity contribution >= 4 is 5.97 Å². The van der Waals surface area contributed by atoms with E-state index in [0.717, 1.165) is 0 Å². The van der Waals surface area contributed by atoms with Crippen LogP contribution < -0.4 is 5.73 Å². The molecule has 3 heterocycles. The molecule has 18 nitrogen and oxygen atoms in total.